The molecular weight excluding hydrogens is 371 g/mol. The van der Waals surface area contributed by atoms with E-state index in [0.717, 1.165) is 28.9 Å². The average molecular weight is 389 g/mol. The van der Waals surface area contributed by atoms with Gasteiger partial charge < -0.3 is 9.15 Å². The molecule has 0 saturated carbocycles. The zero-order chi connectivity index (χ0) is 18.8. The smallest absolute Gasteiger partial charge is 0.416 e. The first-order chi connectivity index (χ1) is 12.3. The zero-order valence-electron chi connectivity index (χ0n) is 13.8. The second kappa shape index (κ2) is 7.42. The maximum Gasteiger partial charge on any atom is 0.416 e. The van der Waals surface area contributed by atoms with Crippen LogP contribution in [0.15, 0.2) is 52.0 Å². The largest absolute Gasteiger partial charge is 0.468 e. The van der Waals surface area contributed by atoms with Crippen LogP contribution in [0.2, 0.25) is 0 Å². The Morgan fingerprint density at radius 2 is 2.00 bits per heavy atom. The second-order valence-corrected chi connectivity index (χ2v) is 7.98. The molecule has 0 spiro atoms. The van der Waals surface area contributed by atoms with Gasteiger partial charge in [0.15, 0.2) is 0 Å². The Labute approximate surface area is 149 Å². The molecule has 0 radical (unpaired) electrons. The zero-order valence-corrected chi connectivity index (χ0v) is 14.6. The van der Waals surface area contributed by atoms with Crippen molar-refractivity contribution in [1.29, 1.82) is 0 Å². The first-order valence-electron chi connectivity index (χ1n) is 8.08. The van der Waals surface area contributed by atoms with Crippen LogP contribution in [-0.2, 0) is 27.5 Å². The third-order valence-corrected chi connectivity index (χ3v) is 5.95. The molecule has 142 valence electrons. The van der Waals surface area contributed by atoms with E-state index in [2.05, 4.69) is 0 Å². The molecule has 1 aromatic heterocycles. The molecule has 1 fully saturated rings. The van der Waals surface area contributed by atoms with Crippen molar-refractivity contribution in [2.45, 2.75) is 36.6 Å². The molecule has 9 heteroatoms. The van der Waals surface area contributed by atoms with Gasteiger partial charge >= 0.3 is 6.18 Å². The fourth-order valence-electron chi connectivity index (χ4n) is 2.82. The summed E-state index contributed by atoms with van der Waals surface area (Å²) in [5.41, 5.74) is -1.01. The summed E-state index contributed by atoms with van der Waals surface area (Å²) in [5.74, 6) is 0.401. The van der Waals surface area contributed by atoms with Crippen molar-refractivity contribution < 1.29 is 30.7 Å². The monoisotopic (exact) mass is 389 g/mol. The van der Waals surface area contributed by atoms with Crippen molar-refractivity contribution in [2.24, 2.45) is 0 Å². The summed E-state index contributed by atoms with van der Waals surface area (Å²) in [6, 6.07) is 6.98. The Morgan fingerprint density at radius 3 is 2.62 bits per heavy atom. The minimum absolute atomic E-state index is 0.0548. The van der Waals surface area contributed by atoms with Crippen LogP contribution in [0.4, 0.5) is 13.2 Å². The number of halogens is 3. The topological polar surface area (TPSA) is 59.8 Å². The van der Waals surface area contributed by atoms with Gasteiger partial charge in [-0.3, -0.25) is 0 Å². The lowest BCUT2D eigenvalue weighted by atomic mass is 10.2. The SMILES string of the molecule is O=S(=O)(c1cccc(C(F)(F)F)c1)N(Cc1ccco1)C[C@@H]1CCCO1. The third kappa shape index (κ3) is 4.28. The predicted molar refractivity (Wildman–Crippen MR) is 86.7 cm³/mol. The van der Waals surface area contributed by atoms with Crippen molar-refractivity contribution in [3.05, 3.63) is 54.0 Å². The molecule has 0 unspecified atom stereocenters. The average Bonchev–Trinajstić information content (AvgIpc) is 3.27. The third-order valence-electron chi connectivity index (χ3n) is 4.14. The molecule has 0 N–H and O–H groups in total. The van der Waals surface area contributed by atoms with Crippen LogP contribution in [0.1, 0.15) is 24.2 Å². The van der Waals surface area contributed by atoms with Crippen LogP contribution in [0.25, 0.3) is 0 Å². The van der Waals surface area contributed by atoms with Crippen LogP contribution >= 0.6 is 0 Å². The van der Waals surface area contributed by atoms with E-state index in [1.165, 1.54) is 6.26 Å². The lowest BCUT2D eigenvalue weighted by Crippen LogP contribution is -2.37. The molecule has 1 atom stereocenters. The molecule has 5 nitrogen and oxygen atoms in total. The summed E-state index contributed by atoms with van der Waals surface area (Å²) >= 11 is 0. The lowest BCUT2D eigenvalue weighted by Gasteiger charge is -2.24. The van der Waals surface area contributed by atoms with Gasteiger partial charge in [0.05, 0.1) is 29.4 Å². The second-order valence-electron chi connectivity index (χ2n) is 6.04. The van der Waals surface area contributed by atoms with Gasteiger partial charge in [0.25, 0.3) is 0 Å². The highest BCUT2D eigenvalue weighted by molar-refractivity contribution is 7.89. The number of rotatable bonds is 6. The molecule has 2 heterocycles. The molecule has 0 bridgehead atoms. The first kappa shape index (κ1) is 18.9. The molecular formula is C17H18F3NO4S. The number of nitrogens with zero attached hydrogens (tertiary/aromatic N) is 1. The lowest BCUT2D eigenvalue weighted by molar-refractivity contribution is -0.137. The van der Waals surface area contributed by atoms with Crippen molar-refractivity contribution >= 4 is 10.0 Å². The number of benzene rings is 1. The van der Waals surface area contributed by atoms with E-state index in [9.17, 15) is 21.6 Å². The highest BCUT2D eigenvalue weighted by Crippen LogP contribution is 2.31. The van der Waals surface area contributed by atoms with Crippen LogP contribution in [0, 0.1) is 0 Å². The van der Waals surface area contributed by atoms with E-state index in [-0.39, 0.29) is 19.2 Å². The van der Waals surface area contributed by atoms with E-state index < -0.39 is 26.7 Å². The summed E-state index contributed by atoms with van der Waals surface area (Å²) in [6.07, 6.45) is -1.97. The van der Waals surface area contributed by atoms with E-state index in [0.29, 0.717) is 24.9 Å². The van der Waals surface area contributed by atoms with Crippen molar-refractivity contribution in [2.75, 3.05) is 13.2 Å². The van der Waals surface area contributed by atoms with Gasteiger partial charge in [0.1, 0.15) is 5.76 Å². The fraction of sp³-hybridized carbons (Fsp3) is 0.412. The van der Waals surface area contributed by atoms with Crippen molar-refractivity contribution in [3.63, 3.8) is 0 Å². The minimum Gasteiger partial charge on any atom is -0.468 e. The molecule has 1 aliphatic heterocycles. The number of sulfonamides is 1. The van der Waals surface area contributed by atoms with Gasteiger partial charge in [-0.05, 0) is 43.2 Å². The first-order valence-corrected chi connectivity index (χ1v) is 9.52. The number of furan rings is 1. The van der Waals surface area contributed by atoms with Gasteiger partial charge in [-0.25, -0.2) is 8.42 Å². The predicted octanol–water partition coefficient (Wildman–Crippen LogP) is 3.67. The highest BCUT2D eigenvalue weighted by Gasteiger charge is 2.34. The number of hydrogen-bond donors (Lipinski definition) is 0. The van der Waals surface area contributed by atoms with E-state index in [1.807, 2.05) is 0 Å². The number of alkyl halides is 3. The molecule has 1 saturated heterocycles. The van der Waals surface area contributed by atoms with Crippen molar-refractivity contribution in [3.8, 4) is 0 Å². The Morgan fingerprint density at radius 1 is 1.19 bits per heavy atom. The quantitative estimate of drug-likeness (QED) is 0.756. The standard InChI is InChI=1S/C17H18F3NO4S/c18-17(19,20)13-4-1-7-16(10-13)26(22,23)21(11-14-5-2-8-24-14)12-15-6-3-9-25-15/h1-2,4-5,7-8,10,15H,3,6,9,11-12H2/t15-/m0/s1. The van der Waals surface area contributed by atoms with Crippen LogP contribution < -0.4 is 0 Å². The van der Waals surface area contributed by atoms with E-state index in [1.54, 1.807) is 12.1 Å². The molecule has 1 aliphatic rings. The number of hydrogen-bond acceptors (Lipinski definition) is 4. The van der Waals surface area contributed by atoms with E-state index >= 15 is 0 Å². The Kier molecular flexibility index (Phi) is 5.40. The van der Waals surface area contributed by atoms with Gasteiger partial charge in [0, 0.05) is 13.2 Å². The Bertz CT molecular complexity index is 828. The number of ether oxygens (including phenoxy) is 1. The van der Waals surface area contributed by atoms with Gasteiger partial charge in [-0.1, -0.05) is 6.07 Å². The Hall–Kier alpha value is -1.84. The van der Waals surface area contributed by atoms with Crippen LogP contribution in [-0.4, -0.2) is 32.0 Å². The maximum absolute atomic E-state index is 13.0. The van der Waals surface area contributed by atoms with Gasteiger partial charge in [-0.2, -0.15) is 17.5 Å². The minimum atomic E-state index is -4.62. The summed E-state index contributed by atoms with van der Waals surface area (Å²) in [7, 11) is -4.15. The summed E-state index contributed by atoms with van der Waals surface area (Å²) in [5, 5.41) is 0. The molecule has 3 rings (SSSR count). The summed E-state index contributed by atoms with van der Waals surface area (Å²) < 4.78 is 76.6. The molecule has 1 aromatic carbocycles. The van der Waals surface area contributed by atoms with E-state index in [4.69, 9.17) is 9.15 Å². The Balaban J connectivity index is 1.92. The molecule has 0 amide bonds. The van der Waals surface area contributed by atoms with Crippen molar-refractivity contribution in [1.82, 2.24) is 4.31 Å². The summed E-state index contributed by atoms with van der Waals surface area (Å²) in [6.45, 7) is 0.521. The highest BCUT2D eigenvalue weighted by atomic mass is 32.2. The molecule has 0 aliphatic carbocycles. The maximum atomic E-state index is 13.0. The van der Waals surface area contributed by atoms with Crippen LogP contribution in [0.5, 0.6) is 0 Å². The van der Waals surface area contributed by atoms with Crippen LogP contribution in [0.3, 0.4) is 0 Å². The molecule has 2 aromatic rings. The van der Waals surface area contributed by atoms with Gasteiger partial charge in [0.2, 0.25) is 10.0 Å². The molecule has 26 heavy (non-hydrogen) atoms. The summed E-state index contributed by atoms with van der Waals surface area (Å²) in [4.78, 5) is -0.406. The van der Waals surface area contributed by atoms with Gasteiger partial charge in [-0.15, -0.1) is 0 Å². The normalized spacial score (nSPS) is 18.5. The fourth-order valence-corrected chi connectivity index (χ4v) is 4.31.